The number of alkyl halides is 2. The third-order valence-electron chi connectivity index (χ3n) is 4.89. The fourth-order valence-electron chi connectivity index (χ4n) is 3.44. The van der Waals surface area contributed by atoms with Gasteiger partial charge in [-0.15, -0.1) is 0 Å². The fraction of sp³-hybridized carbons (Fsp3) is 0.318. The summed E-state index contributed by atoms with van der Waals surface area (Å²) < 4.78 is 35.3. The van der Waals surface area contributed by atoms with Crippen LogP contribution in [-0.2, 0) is 4.79 Å². The van der Waals surface area contributed by atoms with Crippen molar-refractivity contribution in [3.05, 3.63) is 65.7 Å². The zero-order valence-corrected chi connectivity index (χ0v) is 16.4. The molecular formula is C22H24F2N2O3. The van der Waals surface area contributed by atoms with Gasteiger partial charge < -0.3 is 19.3 Å². The number of halogens is 2. The summed E-state index contributed by atoms with van der Waals surface area (Å²) in [5.41, 5.74) is 1.41. The number of rotatable bonds is 6. The second-order valence-corrected chi connectivity index (χ2v) is 6.81. The van der Waals surface area contributed by atoms with Crippen molar-refractivity contribution in [2.24, 2.45) is 0 Å². The van der Waals surface area contributed by atoms with Crippen LogP contribution in [0.2, 0.25) is 0 Å². The van der Waals surface area contributed by atoms with Gasteiger partial charge >= 0.3 is 6.61 Å². The molecule has 1 fully saturated rings. The molecule has 29 heavy (non-hydrogen) atoms. The molecule has 154 valence electrons. The van der Waals surface area contributed by atoms with E-state index in [4.69, 9.17) is 4.74 Å². The molecule has 0 bridgehead atoms. The molecule has 1 atom stereocenters. The first-order valence-corrected chi connectivity index (χ1v) is 9.33. The second-order valence-electron chi connectivity index (χ2n) is 6.81. The first-order chi connectivity index (χ1) is 14.0. The quantitative estimate of drug-likeness (QED) is 0.689. The first kappa shape index (κ1) is 20.8. The molecule has 1 amide bonds. The SMILES string of the molecule is COc1cccc(C=CC(=O)N2CCN(C)CC2c2ccccc2)c1OC(F)F. The number of ether oxygens (including phenoxy) is 2. The predicted octanol–water partition coefficient (Wildman–Crippen LogP) is 3.83. The van der Waals surface area contributed by atoms with E-state index in [1.54, 1.807) is 17.0 Å². The molecule has 3 rings (SSSR count). The number of nitrogens with zero attached hydrogens (tertiary/aromatic N) is 2. The van der Waals surface area contributed by atoms with Gasteiger partial charge in [-0.2, -0.15) is 8.78 Å². The molecule has 0 radical (unpaired) electrons. The Labute approximate surface area is 169 Å². The van der Waals surface area contributed by atoms with Gasteiger partial charge in [0.1, 0.15) is 0 Å². The lowest BCUT2D eigenvalue weighted by atomic mass is 10.0. The number of carbonyl (C=O) groups is 1. The molecule has 1 aliphatic heterocycles. The number of piperazine rings is 1. The van der Waals surface area contributed by atoms with Crippen LogP contribution in [0.25, 0.3) is 6.08 Å². The van der Waals surface area contributed by atoms with Crippen LogP contribution in [0.1, 0.15) is 17.2 Å². The molecule has 1 aliphatic rings. The minimum atomic E-state index is -2.99. The van der Waals surface area contributed by atoms with Crippen molar-refractivity contribution in [3.8, 4) is 11.5 Å². The Morgan fingerprint density at radius 3 is 2.59 bits per heavy atom. The van der Waals surface area contributed by atoms with Crippen LogP contribution in [0.15, 0.2) is 54.6 Å². The molecule has 0 saturated carbocycles. The maximum absolute atomic E-state index is 13.0. The number of benzene rings is 2. The highest BCUT2D eigenvalue weighted by molar-refractivity contribution is 5.92. The number of likely N-dealkylation sites (N-methyl/N-ethyl adjacent to an activating group) is 1. The number of amides is 1. The lowest BCUT2D eigenvalue weighted by Gasteiger charge is -2.40. The highest BCUT2D eigenvalue weighted by atomic mass is 19.3. The minimum Gasteiger partial charge on any atom is -0.493 e. The summed E-state index contributed by atoms with van der Waals surface area (Å²) in [5.74, 6) is -0.0912. The molecule has 0 aliphatic carbocycles. The Balaban J connectivity index is 1.84. The Morgan fingerprint density at radius 2 is 1.90 bits per heavy atom. The van der Waals surface area contributed by atoms with Crippen LogP contribution in [0.4, 0.5) is 8.78 Å². The zero-order valence-electron chi connectivity index (χ0n) is 16.4. The molecule has 5 nitrogen and oxygen atoms in total. The van der Waals surface area contributed by atoms with Crippen molar-refractivity contribution in [1.82, 2.24) is 9.80 Å². The largest absolute Gasteiger partial charge is 0.493 e. The van der Waals surface area contributed by atoms with Crippen molar-refractivity contribution in [1.29, 1.82) is 0 Å². The number of hydrogen-bond donors (Lipinski definition) is 0. The summed E-state index contributed by atoms with van der Waals surface area (Å²) >= 11 is 0. The lowest BCUT2D eigenvalue weighted by molar-refractivity contribution is -0.130. The molecule has 7 heteroatoms. The predicted molar refractivity (Wildman–Crippen MR) is 107 cm³/mol. The third kappa shape index (κ3) is 5.12. The Kier molecular flexibility index (Phi) is 6.82. The van der Waals surface area contributed by atoms with Crippen molar-refractivity contribution < 1.29 is 23.0 Å². The highest BCUT2D eigenvalue weighted by Crippen LogP contribution is 2.33. The van der Waals surface area contributed by atoms with Crippen LogP contribution < -0.4 is 9.47 Å². The van der Waals surface area contributed by atoms with Gasteiger partial charge in [0.05, 0.1) is 13.2 Å². The first-order valence-electron chi connectivity index (χ1n) is 9.33. The summed E-state index contributed by atoms with van der Waals surface area (Å²) in [7, 11) is 3.40. The fourth-order valence-corrected chi connectivity index (χ4v) is 3.44. The summed E-state index contributed by atoms with van der Waals surface area (Å²) in [6, 6.07) is 14.6. The highest BCUT2D eigenvalue weighted by Gasteiger charge is 2.29. The van der Waals surface area contributed by atoms with Gasteiger partial charge in [-0.05, 0) is 24.8 Å². The molecular weight excluding hydrogens is 378 g/mol. The normalized spacial score (nSPS) is 17.7. The summed E-state index contributed by atoms with van der Waals surface area (Å²) in [6.07, 6.45) is 2.89. The van der Waals surface area contributed by atoms with Gasteiger partial charge in [-0.3, -0.25) is 4.79 Å². The summed E-state index contributed by atoms with van der Waals surface area (Å²) in [5, 5.41) is 0. The van der Waals surface area contributed by atoms with Crippen molar-refractivity contribution in [2.75, 3.05) is 33.8 Å². The van der Waals surface area contributed by atoms with E-state index in [0.29, 0.717) is 12.1 Å². The molecule has 1 saturated heterocycles. The average Bonchev–Trinajstić information content (AvgIpc) is 2.73. The number of carbonyl (C=O) groups excluding carboxylic acids is 1. The van der Waals surface area contributed by atoms with Crippen molar-refractivity contribution in [2.45, 2.75) is 12.7 Å². The van der Waals surface area contributed by atoms with Gasteiger partial charge in [0, 0.05) is 31.3 Å². The van der Waals surface area contributed by atoms with E-state index in [1.807, 2.05) is 37.4 Å². The van der Waals surface area contributed by atoms with Gasteiger partial charge in [0.15, 0.2) is 11.5 Å². The molecule has 1 unspecified atom stereocenters. The standard InChI is InChI=1S/C22H24F2N2O3/c1-25-13-14-26(18(15-25)16-7-4-3-5-8-16)20(27)12-11-17-9-6-10-19(28-2)21(17)29-22(23)24/h3-12,18,22H,13-15H2,1-2H3. The lowest BCUT2D eigenvalue weighted by Crippen LogP contribution is -2.48. The maximum Gasteiger partial charge on any atom is 0.387 e. The average molecular weight is 402 g/mol. The smallest absolute Gasteiger partial charge is 0.387 e. The van der Waals surface area contributed by atoms with E-state index in [2.05, 4.69) is 9.64 Å². The van der Waals surface area contributed by atoms with E-state index >= 15 is 0 Å². The van der Waals surface area contributed by atoms with Gasteiger partial charge in [-0.25, -0.2) is 0 Å². The summed E-state index contributed by atoms with van der Waals surface area (Å²) in [6.45, 7) is -0.920. The van der Waals surface area contributed by atoms with Gasteiger partial charge in [-0.1, -0.05) is 42.5 Å². The van der Waals surface area contributed by atoms with E-state index in [-0.39, 0.29) is 23.4 Å². The molecule has 2 aromatic rings. The third-order valence-corrected chi connectivity index (χ3v) is 4.89. The van der Waals surface area contributed by atoms with Crippen LogP contribution >= 0.6 is 0 Å². The van der Waals surface area contributed by atoms with Crippen LogP contribution in [-0.4, -0.2) is 56.1 Å². The molecule has 0 N–H and O–H groups in total. The van der Waals surface area contributed by atoms with E-state index < -0.39 is 6.61 Å². The van der Waals surface area contributed by atoms with E-state index in [9.17, 15) is 13.6 Å². The number of hydrogen-bond acceptors (Lipinski definition) is 4. The topological polar surface area (TPSA) is 42.0 Å². The molecule has 0 aromatic heterocycles. The maximum atomic E-state index is 13.0. The van der Waals surface area contributed by atoms with Crippen LogP contribution in [0.5, 0.6) is 11.5 Å². The zero-order chi connectivity index (χ0) is 20.8. The molecule has 0 spiro atoms. The van der Waals surface area contributed by atoms with E-state index in [1.165, 1.54) is 25.3 Å². The van der Waals surface area contributed by atoms with Crippen molar-refractivity contribution in [3.63, 3.8) is 0 Å². The molecule has 1 heterocycles. The summed E-state index contributed by atoms with van der Waals surface area (Å²) in [4.78, 5) is 16.9. The Hall–Kier alpha value is -2.93. The minimum absolute atomic E-state index is 0.0748. The van der Waals surface area contributed by atoms with Gasteiger partial charge in [0.25, 0.3) is 0 Å². The van der Waals surface area contributed by atoms with Crippen molar-refractivity contribution >= 4 is 12.0 Å². The Bertz CT molecular complexity index is 858. The number of para-hydroxylation sites is 1. The van der Waals surface area contributed by atoms with Crippen LogP contribution in [0.3, 0.4) is 0 Å². The monoisotopic (exact) mass is 402 g/mol. The Morgan fingerprint density at radius 1 is 1.14 bits per heavy atom. The van der Waals surface area contributed by atoms with Gasteiger partial charge in [0.2, 0.25) is 5.91 Å². The van der Waals surface area contributed by atoms with E-state index in [0.717, 1.165) is 18.7 Å². The number of methoxy groups -OCH3 is 1. The molecule has 2 aromatic carbocycles. The second kappa shape index (κ2) is 9.52. The van der Waals surface area contributed by atoms with Crippen LogP contribution in [0, 0.1) is 0 Å².